The lowest BCUT2D eigenvalue weighted by Gasteiger charge is -2.40. The minimum Gasteiger partial charge on any atom is -0.0851 e. The summed E-state index contributed by atoms with van der Waals surface area (Å²) in [6, 6.07) is 7.29. The van der Waals surface area contributed by atoms with Crippen molar-refractivity contribution in [3.05, 3.63) is 47.0 Å². The molecule has 1 aromatic rings. The van der Waals surface area contributed by atoms with E-state index in [1.165, 1.54) is 37.7 Å². The summed E-state index contributed by atoms with van der Waals surface area (Å²) in [5, 5.41) is 0. The second-order valence-corrected chi connectivity index (χ2v) is 8.46. The fourth-order valence-corrected chi connectivity index (χ4v) is 4.90. The van der Waals surface area contributed by atoms with Crippen molar-refractivity contribution in [2.75, 3.05) is 0 Å². The predicted molar refractivity (Wildman–Crippen MR) is 85.0 cm³/mol. The van der Waals surface area contributed by atoms with Crippen LogP contribution in [0, 0.1) is 17.3 Å². The van der Waals surface area contributed by atoms with E-state index in [-0.39, 0.29) is 5.41 Å². The maximum absolute atomic E-state index is 2.53. The van der Waals surface area contributed by atoms with Crippen LogP contribution in [0.3, 0.4) is 0 Å². The van der Waals surface area contributed by atoms with Crippen LogP contribution in [0.4, 0.5) is 0 Å². The number of rotatable bonds is 0. The third kappa shape index (κ3) is 1.80. The van der Waals surface area contributed by atoms with Crippen molar-refractivity contribution in [3.63, 3.8) is 0 Å². The zero-order valence-electron chi connectivity index (χ0n) is 13.1. The average Bonchev–Trinajstić information content (AvgIpc) is 2.97. The van der Waals surface area contributed by atoms with Crippen LogP contribution in [0.25, 0.3) is 0 Å². The molecule has 1 spiro atoms. The van der Waals surface area contributed by atoms with Crippen LogP contribution in [0.15, 0.2) is 30.4 Å². The van der Waals surface area contributed by atoms with Gasteiger partial charge in [0, 0.05) is 0 Å². The first-order chi connectivity index (χ1) is 9.46. The minimum absolute atomic E-state index is 0.272. The normalized spacial score (nSPS) is 34.8. The van der Waals surface area contributed by atoms with Gasteiger partial charge in [0.05, 0.1) is 0 Å². The molecule has 0 aliphatic heterocycles. The zero-order valence-corrected chi connectivity index (χ0v) is 13.1. The van der Waals surface area contributed by atoms with E-state index in [1.54, 1.807) is 11.1 Å². The number of benzene rings is 1. The van der Waals surface area contributed by atoms with E-state index < -0.39 is 0 Å². The second-order valence-electron chi connectivity index (χ2n) is 8.46. The molecule has 0 aromatic heterocycles. The standard InChI is InChI=1S/C20H26/c1-19(2,3)17-7-5-15-8-9-20(13-16(15)11-17)12-14-4-6-18(20)10-14/h4-7,11,14,18H,8-10,12-13H2,1-3H3. The van der Waals surface area contributed by atoms with Crippen molar-refractivity contribution in [2.24, 2.45) is 17.3 Å². The molecule has 0 amide bonds. The highest BCUT2D eigenvalue weighted by atomic mass is 14.5. The molecule has 4 rings (SSSR count). The van der Waals surface area contributed by atoms with E-state index in [0.29, 0.717) is 5.41 Å². The lowest BCUT2D eigenvalue weighted by atomic mass is 9.64. The Balaban J connectivity index is 1.70. The fraction of sp³-hybridized carbons (Fsp3) is 0.600. The molecule has 1 saturated carbocycles. The molecule has 3 unspecified atom stereocenters. The molecule has 3 aliphatic rings. The molecule has 0 N–H and O–H groups in total. The Morgan fingerprint density at radius 3 is 2.60 bits per heavy atom. The molecule has 20 heavy (non-hydrogen) atoms. The molecule has 0 nitrogen and oxygen atoms in total. The van der Waals surface area contributed by atoms with Crippen LogP contribution in [-0.2, 0) is 18.3 Å². The van der Waals surface area contributed by atoms with Gasteiger partial charge in [0.25, 0.3) is 0 Å². The average molecular weight is 266 g/mol. The number of allylic oxidation sites excluding steroid dienone is 2. The van der Waals surface area contributed by atoms with Crippen LogP contribution < -0.4 is 0 Å². The van der Waals surface area contributed by atoms with Crippen molar-refractivity contribution in [3.8, 4) is 0 Å². The summed E-state index contributed by atoms with van der Waals surface area (Å²) in [7, 11) is 0. The third-order valence-electron chi connectivity index (χ3n) is 6.13. The summed E-state index contributed by atoms with van der Waals surface area (Å²) in [5.74, 6) is 1.77. The Hall–Kier alpha value is -1.04. The van der Waals surface area contributed by atoms with Gasteiger partial charge < -0.3 is 0 Å². The number of hydrogen-bond donors (Lipinski definition) is 0. The SMILES string of the molecule is CC(C)(C)c1ccc2c(c1)CC1(CC2)CC2C=CC1C2. The smallest absolute Gasteiger partial charge is 0.0132 e. The summed E-state index contributed by atoms with van der Waals surface area (Å²) in [6.45, 7) is 6.98. The van der Waals surface area contributed by atoms with Crippen LogP contribution in [-0.4, -0.2) is 0 Å². The van der Waals surface area contributed by atoms with Crippen molar-refractivity contribution < 1.29 is 0 Å². The Kier molecular flexibility index (Phi) is 2.53. The zero-order chi connectivity index (χ0) is 14.0. The van der Waals surface area contributed by atoms with E-state index in [2.05, 4.69) is 51.1 Å². The van der Waals surface area contributed by atoms with Gasteiger partial charge in [-0.25, -0.2) is 0 Å². The van der Waals surface area contributed by atoms with Gasteiger partial charge in [-0.3, -0.25) is 0 Å². The van der Waals surface area contributed by atoms with Crippen molar-refractivity contribution >= 4 is 0 Å². The molecule has 0 heteroatoms. The molecule has 1 aromatic carbocycles. The van der Waals surface area contributed by atoms with Crippen LogP contribution in [0.2, 0.25) is 0 Å². The highest BCUT2D eigenvalue weighted by molar-refractivity contribution is 5.39. The molecule has 0 radical (unpaired) electrons. The van der Waals surface area contributed by atoms with Gasteiger partial charge in [0.2, 0.25) is 0 Å². The van der Waals surface area contributed by atoms with Crippen LogP contribution in [0.1, 0.15) is 56.7 Å². The first kappa shape index (κ1) is 12.7. The number of aryl methyl sites for hydroxylation is 1. The summed E-state index contributed by atoms with van der Waals surface area (Å²) in [6.07, 6.45) is 12.0. The molecule has 0 heterocycles. The van der Waals surface area contributed by atoms with Gasteiger partial charge in [-0.1, -0.05) is 51.1 Å². The summed E-state index contributed by atoms with van der Waals surface area (Å²) >= 11 is 0. The highest BCUT2D eigenvalue weighted by Gasteiger charge is 2.49. The van der Waals surface area contributed by atoms with Crippen LogP contribution in [0.5, 0.6) is 0 Å². The van der Waals surface area contributed by atoms with Crippen molar-refractivity contribution in [1.82, 2.24) is 0 Å². The fourth-order valence-electron chi connectivity index (χ4n) is 4.90. The molecule has 2 bridgehead atoms. The predicted octanol–water partition coefficient (Wildman–Crippen LogP) is 5.06. The maximum Gasteiger partial charge on any atom is -0.0132 e. The molecule has 0 saturated heterocycles. The van der Waals surface area contributed by atoms with Gasteiger partial charge in [0.1, 0.15) is 0 Å². The molecular weight excluding hydrogens is 240 g/mol. The Morgan fingerprint density at radius 2 is 1.95 bits per heavy atom. The van der Waals surface area contributed by atoms with E-state index in [4.69, 9.17) is 0 Å². The topological polar surface area (TPSA) is 0 Å². The lowest BCUT2D eigenvalue weighted by molar-refractivity contribution is 0.195. The summed E-state index contributed by atoms with van der Waals surface area (Å²) < 4.78 is 0. The Labute approximate surface area is 123 Å². The maximum atomic E-state index is 2.53. The third-order valence-corrected chi connectivity index (χ3v) is 6.13. The summed E-state index contributed by atoms with van der Waals surface area (Å²) in [5.41, 5.74) is 5.67. The molecule has 106 valence electrons. The first-order valence-corrected chi connectivity index (χ1v) is 8.27. The van der Waals surface area contributed by atoms with Gasteiger partial charge in [0.15, 0.2) is 0 Å². The van der Waals surface area contributed by atoms with Crippen LogP contribution >= 0.6 is 0 Å². The second kappa shape index (κ2) is 4.00. The van der Waals surface area contributed by atoms with E-state index >= 15 is 0 Å². The van der Waals surface area contributed by atoms with Gasteiger partial charge in [-0.05, 0) is 71.5 Å². The first-order valence-electron chi connectivity index (χ1n) is 8.27. The van der Waals surface area contributed by atoms with Gasteiger partial charge >= 0.3 is 0 Å². The largest absolute Gasteiger partial charge is 0.0851 e. The van der Waals surface area contributed by atoms with Crippen molar-refractivity contribution in [2.45, 2.75) is 58.3 Å². The van der Waals surface area contributed by atoms with Crippen molar-refractivity contribution in [1.29, 1.82) is 0 Å². The van der Waals surface area contributed by atoms with E-state index in [9.17, 15) is 0 Å². The van der Waals surface area contributed by atoms with E-state index in [0.717, 1.165) is 11.8 Å². The molecule has 3 atom stereocenters. The highest BCUT2D eigenvalue weighted by Crippen LogP contribution is 2.57. The Bertz CT molecular complexity index is 572. The number of hydrogen-bond acceptors (Lipinski definition) is 0. The lowest BCUT2D eigenvalue weighted by Crippen LogP contribution is -2.33. The number of fused-ring (bicyclic) bond motifs is 4. The summed E-state index contributed by atoms with van der Waals surface area (Å²) in [4.78, 5) is 0. The molecule has 3 aliphatic carbocycles. The van der Waals surface area contributed by atoms with Gasteiger partial charge in [-0.2, -0.15) is 0 Å². The quantitative estimate of drug-likeness (QED) is 0.576. The Morgan fingerprint density at radius 1 is 1.10 bits per heavy atom. The van der Waals surface area contributed by atoms with Gasteiger partial charge in [-0.15, -0.1) is 0 Å². The molecule has 1 fully saturated rings. The van der Waals surface area contributed by atoms with E-state index in [1.807, 2.05) is 0 Å². The minimum atomic E-state index is 0.272. The molecular formula is C20H26. The monoisotopic (exact) mass is 266 g/mol.